The maximum Gasteiger partial charge on any atom is 0.253 e. The Balaban J connectivity index is 1.72. The highest BCUT2D eigenvalue weighted by Crippen LogP contribution is 2.31. The van der Waals surface area contributed by atoms with E-state index in [4.69, 9.17) is 14.9 Å². The summed E-state index contributed by atoms with van der Waals surface area (Å²) in [5.74, 6) is -0.0249. The zero-order valence-corrected chi connectivity index (χ0v) is 18.4. The number of aryl methyl sites for hydroxylation is 1. The molecule has 8 nitrogen and oxygen atoms in total. The van der Waals surface area contributed by atoms with Gasteiger partial charge in [-0.15, -0.1) is 0 Å². The molecule has 1 aromatic rings. The predicted molar refractivity (Wildman–Crippen MR) is 117 cm³/mol. The minimum Gasteiger partial charge on any atom is -0.385 e. The number of carbonyl (C=O) groups excluding carboxylic acids is 1. The van der Waals surface area contributed by atoms with Crippen molar-refractivity contribution in [3.8, 4) is 0 Å². The van der Waals surface area contributed by atoms with Crippen molar-refractivity contribution in [1.82, 2.24) is 15.2 Å². The summed E-state index contributed by atoms with van der Waals surface area (Å²) < 4.78 is 10.8. The van der Waals surface area contributed by atoms with Gasteiger partial charge in [-0.1, -0.05) is 0 Å². The Labute approximate surface area is 179 Å². The highest BCUT2D eigenvalue weighted by molar-refractivity contribution is 6.06. The topological polar surface area (TPSA) is 99.6 Å². The first kappa shape index (κ1) is 22.7. The molecule has 1 aliphatic heterocycles. The molecule has 2 atom stereocenters. The van der Waals surface area contributed by atoms with E-state index in [1.54, 1.807) is 13.3 Å². The number of pyridine rings is 1. The fourth-order valence-corrected chi connectivity index (χ4v) is 3.78. The lowest BCUT2D eigenvalue weighted by molar-refractivity contribution is -0.146. The number of rotatable bonds is 11. The van der Waals surface area contributed by atoms with Crippen LogP contribution in [-0.2, 0) is 14.3 Å². The van der Waals surface area contributed by atoms with Crippen LogP contribution in [0.5, 0.6) is 0 Å². The number of morpholine rings is 1. The number of nitrogens with one attached hydrogen (secondary N) is 3. The quantitative estimate of drug-likeness (QED) is 0.376. The molecule has 0 radical (unpaired) electrons. The van der Waals surface area contributed by atoms with Gasteiger partial charge in [0.25, 0.3) is 5.91 Å². The fourth-order valence-electron chi connectivity index (χ4n) is 3.78. The van der Waals surface area contributed by atoms with Crippen molar-refractivity contribution in [2.24, 2.45) is 0 Å². The van der Waals surface area contributed by atoms with Gasteiger partial charge in [0, 0.05) is 45.6 Å². The molecule has 0 aromatic carbocycles. The van der Waals surface area contributed by atoms with Gasteiger partial charge in [0.05, 0.1) is 24.0 Å². The minimum atomic E-state index is -0.473. The second kappa shape index (κ2) is 10.8. The zero-order valence-electron chi connectivity index (χ0n) is 18.4. The van der Waals surface area contributed by atoms with Crippen LogP contribution < -0.4 is 10.6 Å². The molecule has 1 saturated heterocycles. The number of ether oxygens (including phenoxy) is 2. The molecule has 0 bridgehead atoms. The molecule has 1 saturated carbocycles. The number of aromatic nitrogens is 1. The van der Waals surface area contributed by atoms with E-state index in [0.717, 1.165) is 56.6 Å². The zero-order chi connectivity index (χ0) is 21.5. The summed E-state index contributed by atoms with van der Waals surface area (Å²) in [4.78, 5) is 19.6. The van der Waals surface area contributed by atoms with E-state index in [1.807, 2.05) is 24.8 Å². The molecule has 1 aromatic heterocycles. The van der Waals surface area contributed by atoms with Gasteiger partial charge < -0.3 is 30.4 Å². The summed E-state index contributed by atoms with van der Waals surface area (Å²) >= 11 is 0. The number of methoxy groups -OCH3 is 1. The number of unbranched alkanes of at least 4 members (excludes halogenated alkanes) is 1. The Morgan fingerprint density at radius 1 is 1.47 bits per heavy atom. The van der Waals surface area contributed by atoms with E-state index in [9.17, 15) is 4.79 Å². The number of hydrogen-bond donors (Lipinski definition) is 3. The van der Waals surface area contributed by atoms with E-state index in [-0.39, 0.29) is 18.0 Å². The van der Waals surface area contributed by atoms with Crippen LogP contribution in [-0.4, -0.2) is 79.6 Å². The predicted octanol–water partition coefficient (Wildman–Crippen LogP) is 1.96. The van der Waals surface area contributed by atoms with E-state index in [2.05, 4.69) is 15.6 Å². The number of carbonyl (C=O) groups is 1. The third-order valence-electron chi connectivity index (χ3n) is 5.60. The molecule has 8 heteroatoms. The maximum absolute atomic E-state index is 13.2. The average Bonchev–Trinajstić information content (AvgIpc) is 3.59. The third kappa shape index (κ3) is 5.77. The highest BCUT2D eigenvalue weighted by Gasteiger charge is 2.41. The standard InChI is InChI=1S/C22H35N5O3/c1-15-12-18(25-8-4-5-10-29-3)21(26-13-15)20(23)16(2)27(17-6-7-17)22(28)19-14-24-9-11-30-19/h12-13,16-17,19,23-25H,4-11,14H2,1-3H3/t16-,19-/m1/s1. The molecule has 30 heavy (non-hydrogen) atoms. The van der Waals surface area contributed by atoms with Crippen molar-refractivity contribution in [1.29, 1.82) is 5.41 Å². The smallest absolute Gasteiger partial charge is 0.253 e. The lowest BCUT2D eigenvalue weighted by atomic mass is 10.0. The largest absolute Gasteiger partial charge is 0.385 e. The Morgan fingerprint density at radius 3 is 2.93 bits per heavy atom. The molecule has 2 heterocycles. The first-order valence-electron chi connectivity index (χ1n) is 11.0. The molecular weight excluding hydrogens is 382 g/mol. The van der Waals surface area contributed by atoms with Crippen molar-refractivity contribution in [3.63, 3.8) is 0 Å². The molecule has 0 unspecified atom stereocenters. The molecule has 2 aliphatic rings. The van der Waals surface area contributed by atoms with Crippen LogP contribution in [0.15, 0.2) is 12.3 Å². The molecule has 2 fully saturated rings. The van der Waals surface area contributed by atoms with Crippen LogP contribution in [0.1, 0.15) is 43.9 Å². The van der Waals surface area contributed by atoms with Gasteiger partial charge in [-0.3, -0.25) is 9.78 Å². The third-order valence-corrected chi connectivity index (χ3v) is 5.60. The summed E-state index contributed by atoms with van der Waals surface area (Å²) in [7, 11) is 1.71. The van der Waals surface area contributed by atoms with Crippen molar-refractivity contribution >= 4 is 17.3 Å². The van der Waals surface area contributed by atoms with Gasteiger partial charge in [-0.05, 0) is 51.2 Å². The monoisotopic (exact) mass is 417 g/mol. The Bertz CT molecular complexity index is 731. The Morgan fingerprint density at radius 2 is 2.27 bits per heavy atom. The number of amides is 1. The van der Waals surface area contributed by atoms with Gasteiger partial charge in [-0.2, -0.15) is 0 Å². The Hall–Kier alpha value is -2.03. The maximum atomic E-state index is 13.2. The van der Waals surface area contributed by atoms with Gasteiger partial charge in [0.1, 0.15) is 11.8 Å². The van der Waals surface area contributed by atoms with Crippen LogP contribution in [0.4, 0.5) is 5.69 Å². The van der Waals surface area contributed by atoms with Gasteiger partial charge in [0.15, 0.2) is 0 Å². The summed E-state index contributed by atoms with van der Waals surface area (Å²) in [6.45, 7) is 7.29. The van der Waals surface area contributed by atoms with Gasteiger partial charge in [0.2, 0.25) is 0 Å². The first-order valence-corrected chi connectivity index (χ1v) is 11.0. The second-order valence-corrected chi connectivity index (χ2v) is 8.17. The minimum absolute atomic E-state index is 0.0249. The molecule has 166 valence electrons. The lowest BCUT2D eigenvalue weighted by Gasteiger charge is -2.34. The molecule has 1 aliphatic carbocycles. The van der Waals surface area contributed by atoms with Crippen molar-refractivity contribution in [2.75, 3.05) is 45.3 Å². The normalized spacial score (nSPS) is 19.9. The molecular formula is C22H35N5O3. The van der Waals surface area contributed by atoms with Gasteiger partial charge in [-0.25, -0.2) is 0 Å². The molecule has 3 N–H and O–H groups in total. The molecule has 0 spiro atoms. The van der Waals surface area contributed by atoms with E-state index in [1.165, 1.54) is 0 Å². The van der Waals surface area contributed by atoms with E-state index >= 15 is 0 Å². The van der Waals surface area contributed by atoms with Crippen LogP contribution in [0.2, 0.25) is 0 Å². The lowest BCUT2D eigenvalue weighted by Crippen LogP contribution is -2.54. The summed E-state index contributed by atoms with van der Waals surface area (Å²) in [5.41, 5.74) is 2.86. The van der Waals surface area contributed by atoms with Crippen molar-refractivity contribution in [2.45, 2.75) is 57.7 Å². The average molecular weight is 418 g/mol. The highest BCUT2D eigenvalue weighted by atomic mass is 16.5. The first-order chi connectivity index (χ1) is 14.5. The summed E-state index contributed by atoms with van der Waals surface area (Å²) in [6.07, 6.45) is 5.22. The van der Waals surface area contributed by atoms with E-state index in [0.29, 0.717) is 24.6 Å². The van der Waals surface area contributed by atoms with Crippen LogP contribution in [0.25, 0.3) is 0 Å². The molecule has 3 rings (SSSR count). The second-order valence-electron chi connectivity index (χ2n) is 8.17. The molecule has 1 amide bonds. The Kier molecular flexibility index (Phi) is 8.18. The van der Waals surface area contributed by atoms with E-state index < -0.39 is 6.10 Å². The van der Waals surface area contributed by atoms with Crippen molar-refractivity contribution in [3.05, 3.63) is 23.5 Å². The number of anilines is 1. The van der Waals surface area contributed by atoms with Crippen LogP contribution >= 0.6 is 0 Å². The van der Waals surface area contributed by atoms with Crippen LogP contribution in [0, 0.1) is 12.3 Å². The summed E-state index contributed by atoms with van der Waals surface area (Å²) in [5, 5.41) is 15.5. The van der Waals surface area contributed by atoms with Gasteiger partial charge >= 0.3 is 0 Å². The van der Waals surface area contributed by atoms with Crippen molar-refractivity contribution < 1.29 is 14.3 Å². The summed E-state index contributed by atoms with van der Waals surface area (Å²) in [6, 6.07) is 1.85. The SMILES string of the molecule is COCCCCNc1cc(C)cnc1C(=N)[C@@H](C)N(C(=O)[C@H]1CNCCO1)C1CC1. The fraction of sp³-hybridized carbons (Fsp3) is 0.682. The van der Waals surface area contributed by atoms with Crippen LogP contribution in [0.3, 0.4) is 0 Å². The number of nitrogens with zero attached hydrogens (tertiary/aromatic N) is 2. The number of hydrogen-bond acceptors (Lipinski definition) is 7.